The number of hydrogen-bond donors (Lipinski definition) is 3. The van der Waals surface area contributed by atoms with E-state index in [0.29, 0.717) is 6.42 Å². The number of rotatable bonds is 5. The normalized spacial score (nSPS) is 16.5. The molecule has 0 aromatic rings. The fourth-order valence-corrected chi connectivity index (χ4v) is 0.753. The van der Waals surface area contributed by atoms with E-state index in [-0.39, 0.29) is 18.9 Å². The first-order valence-electron chi connectivity index (χ1n) is 4.62. The molecule has 0 bridgehead atoms. The second-order valence-electron chi connectivity index (χ2n) is 3.58. The predicted octanol–water partition coefficient (Wildman–Crippen LogP) is -0.386. The Labute approximate surface area is 84.9 Å². The molecular formula is C10H18N2O2. The zero-order chi connectivity index (χ0) is 11.2. The van der Waals surface area contributed by atoms with Gasteiger partial charge in [0.15, 0.2) is 0 Å². The third-order valence-electron chi connectivity index (χ3n) is 2.08. The van der Waals surface area contributed by atoms with Crippen molar-refractivity contribution in [3.8, 4) is 12.3 Å². The number of amides is 1. The highest BCUT2D eigenvalue weighted by molar-refractivity contribution is 5.81. The van der Waals surface area contributed by atoms with E-state index in [1.165, 1.54) is 0 Å². The van der Waals surface area contributed by atoms with Gasteiger partial charge in [-0.15, -0.1) is 12.3 Å². The van der Waals surface area contributed by atoms with E-state index in [1.54, 1.807) is 6.92 Å². The molecule has 4 heteroatoms. The number of nitrogens with two attached hydrogens (primary N) is 1. The van der Waals surface area contributed by atoms with Crippen LogP contribution in [0, 0.1) is 12.3 Å². The summed E-state index contributed by atoms with van der Waals surface area (Å²) in [5.74, 6) is 1.99. The van der Waals surface area contributed by atoms with Gasteiger partial charge in [0.05, 0.1) is 11.6 Å². The minimum atomic E-state index is -0.883. The van der Waals surface area contributed by atoms with Gasteiger partial charge in [0.2, 0.25) is 5.91 Å². The van der Waals surface area contributed by atoms with E-state index >= 15 is 0 Å². The van der Waals surface area contributed by atoms with Gasteiger partial charge in [-0.05, 0) is 13.3 Å². The van der Waals surface area contributed by atoms with Crippen molar-refractivity contribution in [1.29, 1.82) is 0 Å². The van der Waals surface area contributed by atoms with Gasteiger partial charge in [-0.25, -0.2) is 0 Å². The average molecular weight is 198 g/mol. The number of carbonyl (C=O) groups is 1. The Morgan fingerprint density at radius 2 is 2.36 bits per heavy atom. The van der Waals surface area contributed by atoms with Gasteiger partial charge in [0, 0.05) is 13.0 Å². The summed E-state index contributed by atoms with van der Waals surface area (Å²) < 4.78 is 0. The van der Waals surface area contributed by atoms with Crippen molar-refractivity contribution in [2.45, 2.75) is 38.3 Å². The number of terminal acetylenes is 1. The fraction of sp³-hybridized carbons (Fsp3) is 0.700. The van der Waals surface area contributed by atoms with Gasteiger partial charge in [-0.3, -0.25) is 4.79 Å². The van der Waals surface area contributed by atoms with E-state index in [0.717, 1.165) is 0 Å². The average Bonchev–Trinajstić information content (AvgIpc) is 2.15. The van der Waals surface area contributed by atoms with Crippen LogP contribution in [0.25, 0.3) is 0 Å². The topological polar surface area (TPSA) is 75.4 Å². The van der Waals surface area contributed by atoms with Crippen molar-refractivity contribution < 1.29 is 9.90 Å². The maximum Gasteiger partial charge on any atom is 0.238 e. The molecule has 2 atom stereocenters. The Hall–Kier alpha value is -1.05. The van der Waals surface area contributed by atoms with Crippen molar-refractivity contribution in [3.05, 3.63) is 0 Å². The van der Waals surface area contributed by atoms with Crippen LogP contribution in [0.4, 0.5) is 0 Å². The summed E-state index contributed by atoms with van der Waals surface area (Å²) in [6.07, 6.45) is 5.79. The van der Waals surface area contributed by atoms with Gasteiger partial charge in [0.1, 0.15) is 0 Å². The maximum absolute atomic E-state index is 11.3. The summed E-state index contributed by atoms with van der Waals surface area (Å²) >= 11 is 0. The Kier molecular flexibility index (Phi) is 5.21. The first-order valence-corrected chi connectivity index (χ1v) is 4.62. The first-order chi connectivity index (χ1) is 6.43. The molecule has 0 aliphatic carbocycles. The first kappa shape index (κ1) is 12.9. The predicted molar refractivity (Wildman–Crippen MR) is 55.3 cm³/mol. The van der Waals surface area contributed by atoms with Crippen molar-refractivity contribution >= 4 is 5.91 Å². The van der Waals surface area contributed by atoms with Gasteiger partial charge in [-0.1, -0.05) is 6.92 Å². The number of aliphatic hydroxyl groups is 1. The fourth-order valence-electron chi connectivity index (χ4n) is 0.753. The standard InChI is InChI=1S/C10H18N2O2/c1-4-6-8(11)9(13)12-7-10(3,14)5-2/h1,8,14H,5-7,11H2,2-3H3,(H,12,13). The Morgan fingerprint density at radius 1 is 1.79 bits per heavy atom. The van der Waals surface area contributed by atoms with Crippen molar-refractivity contribution in [3.63, 3.8) is 0 Å². The molecular weight excluding hydrogens is 180 g/mol. The number of carbonyl (C=O) groups excluding carboxylic acids is 1. The van der Waals surface area contributed by atoms with Crippen LogP contribution in [0.3, 0.4) is 0 Å². The monoisotopic (exact) mass is 198 g/mol. The molecule has 2 unspecified atom stereocenters. The molecule has 0 aromatic heterocycles. The van der Waals surface area contributed by atoms with Crippen LogP contribution in [0.15, 0.2) is 0 Å². The van der Waals surface area contributed by atoms with Crippen molar-refractivity contribution in [2.24, 2.45) is 5.73 Å². The molecule has 0 spiro atoms. The number of nitrogens with one attached hydrogen (secondary N) is 1. The molecule has 0 aromatic carbocycles. The summed E-state index contributed by atoms with van der Waals surface area (Å²) in [5.41, 5.74) is 4.58. The lowest BCUT2D eigenvalue weighted by Gasteiger charge is -2.22. The highest BCUT2D eigenvalue weighted by atomic mass is 16.3. The molecule has 0 fully saturated rings. The van der Waals surface area contributed by atoms with Crippen LogP contribution in [0.1, 0.15) is 26.7 Å². The van der Waals surface area contributed by atoms with E-state index in [9.17, 15) is 9.90 Å². The van der Waals surface area contributed by atoms with Gasteiger partial charge >= 0.3 is 0 Å². The maximum atomic E-state index is 11.3. The molecule has 0 saturated carbocycles. The van der Waals surface area contributed by atoms with E-state index in [2.05, 4.69) is 11.2 Å². The van der Waals surface area contributed by atoms with Gasteiger partial charge in [0.25, 0.3) is 0 Å². The third-order valence-corrected chi connectivity index (χ3v) is 2.08. The lowest BCUT2D eigenvalue weighted by molar-refractivity contribution is -0.123. The Balaban J connectivity index is 3.92. The number of hydrogen-bond acceptors (Lipinski definition) is 3. The summed E-state index contributed by atoms with van der Waals surface area (Å²) in [4.78, 5) is 11.3. The van der Waals surface area contributed by atoms with Crippen LogP contribution in [-0.2, 0) is 4.79 Å². The highest BCUT2D eigenvalue weighted by Gasteiger charge is 2.20. The molecule has 4 N–H and O–H groups in total. The Morgan fingerprint density at radius 3 is 2.79 bits per heavy atom. The molecule has 1 amide bonds. The summed E-state index contributed by atoms with van der Waals surface area (Å²) in [6, 6.07) is -0.687. The lowest BCUT2D eigenvalue weighted by atomic mass is 10.0. The lowest BCUT2D eigenvalue weighted by Crippen LogP contribution is -2.46. The Bertz CT molecular complexity index is 231. The molecule has 14 heavy (non-hydrogen) atoms. The molecule has 0 aliphatic heterocycles. The minimum Gasteiger partial charge on any atom is -0.388 e. The highest BCUT2D eigenvalue weighted by Crippen LogP contribution is 2.05. The van der Waals surface area contributed by atoms with Crippen LogP contribution in [-0.4, -0.2) is 29.2 Å². The molecule has 0 rings (SSSR count). The molecule has 80 valence electrons. The minimum absolute atomic E-state index is 0.195. The molecule has 0 radical (unpaired) electrons. The second-order valence-corrected chi connectivity index (χ2v) is 3.58. The summed E-state index contributed by atoms with van der Waals surface area (Å²) in [6.45, 7) is 3.69. The zero-order valence-corrected chi connectivity index (χ0v) is 8.71. The van der Waals surface area contributed by atoms with Crippen LogP contribution in [0.2, 0.25) is 0 Å². The van der Waals surface area contributed by atoms with Crippen molar-refractivity contribution in [1.82, 2.24) is 5.32 Å². The van der Waals surface area contributed by atoms with Gasteiger partial charge < -0.3 is 16.2 Å². The van der Waals surface area contributed by atoms with Crippen LogP contribution < -0.4 is 11.1 Å². The quantitative estimate of drug-likeness (QED) is 0.527. The van der Waals surface area contributed by atoms with E-state index in [4.69, 9.17) is 12.2 Å². The largest absolute Gasteiger partial charge is 0.388 e. The van der Waals surface area contributed by atoms with Crippen LogP contribution in [0.5, 0.6) is 0 Å². The second kappa shape index (κ2) is 5.63. The van der Waals surface area contributed by atoms with Crippen molar-refractivity contribution in [2.75, 3.05) is 6.54 Å². The molecule has 0 saturated heterocycles. The smallest absolute Gasteiger partial charge is 0.238 e. The summed E-state index contributed by atoms with van der Waals surface area (Å²) in [7, 11) is 0. The van der Waals surface area contributed by atoms with Crippen LogP contribution >= 0.6 is 0 Å². The zero-order valence-electron chi connectivity index (χ0n) is 8.71. The SMILES string of the molecule is C#CCC(N)C(=O)NCC(C)(O)CC. The third kappa shape index (κ3) is 4.85. The molecule has 4 nitrogen and oxygen atoms in total. The van der Waals surface area contributed by atoms with Gasteiger partial charge in [-0.2, -0.15) is 0 Å². The molecule has 0 aliphatic rings. The van der Waals surface area contributed by atoms with E-state index in [1.807, 2.05) is 6.92 Å². The summed E-state index contributed by atoms with van der Waals surface area (Å²) in [5, 5.41) is 12.1. The molecule has 0 heterocycles. The van der Waals surface area contributed by atoms with E-state index < -0.39 is 11.6 Å².